The van der Waals surface area contributed by atoms with E-state index in [1.165, 1.54) is 7.11 Å². The van der Waals surface area contributed by atoms with Crippen LogP contribution in [0.25, 0.3) is 10.8 Å². The maximum Gasteiger partial charge on any atom is 0.321 e. The van der Waals surface area contributed by atoms with Crippen molar-refractivity contribution in [1.82, 2.24) is 19.7 Å². The topological polar surface area (TPSA) is 97.3 Å². The van der Waals surface area contributed by atoms with Crippen molar-refractivity contribution in [1.29, 1.82) is 0 Å². The van der Waals surface area contributed by atoms with Gasteiger partial charge in [-0.3, -0.25) is 0 Å². The Kier molecular flexibility index (Phi) is 5.10. The van der Waals surface area contributed by atoms with Crippen molar-refractivity contribution in [2.24, 2.45) is 0 Å². The van der Waals surface area contributed by atoms with Crippen molar-refractivity contribution in [3.05, 3.63) is 48.3 Å². The van der Waals surface area contributed by atoms with Crippen LogP contribution in [-0.2, 0) is 16.6 Å². The zero-order valence-electron chi connectivity index (χ0n) is 15.5. The lowest BCUT2D eigenvalue weighted by Crippen LogP contribution is -2.26. The number of anilines is 1. The molecule has 1 aliphatic rings. The number of hydrogen-bond acceptors (Lipinski definition) is 7. The van der Waals surface area contributed by atoms with Crippen molar-refractivity contribution in [2.75, 3.05) is 25.1 Å². The van der Waals surface area contributed by atoms with Crippen LogP contribution in [0.15, 0.2) is 47.4 Å². The predicted molar refractivity (Wildman–Crippen MR) is 106 cm³/mol. The molecular formula is C19H21N5O3S. The Hall–Kier alpha value is -2.78. The van der Waals surface area contributed by atoms with Gasteiger partial charge in [-0.15, -0.1) is 0 Å². The molecule has 0 atom stereocenters. The number of fused-ring (bicyclic) bond motifs is 1. The zero-order valence-corrected chi connectivity index (χ0v) is 16.3. The van der Waals surface area contributed by atoms with Gasteiger partial charge in [0, 0.05) is 18.5 Å². The highest BCUT2D eigenvalue weighted by Crippen LogP contribution is 2.23. The molecule has 146 valence electrons. The van der Waals surface area contributed by atoms with E-state index in [0.29, 0.717) is 17.2 Å². The Bertz CT molecular complexity index is 1090. The molecule has 3 aromatic rings. The van der Waals surface area contributed by atoms with E-state index in [1.54, 1.807) is 18.2 Å². The molecule has 0 amide bonds. The van der Waals surface area contributed by atoms with Gasteiger partial charge in [0.25, 0.3) is 0 Å². The normalized spacial score (nSPS) is 14.5. The van der Waals surface area contributed by atoms with Gasteiger partial charge in [0.2, 0.25) is 16.0 Å². The summed E-state index contributed by atoms with van der Waals surface area (Å²) in [7, 11) is -2.26. The van der Waals surface area contributed by atoms with Crippen LogP contribution in [0.5, 0.6) is 6.01 Å². The third-order valence-electron chi connectivity index (χ3n) is 4.68. The average molecular weight is 399 g/mol. The molecule has 1 aromatic heterocycles. The lowest BCUT2D eigenvalue weighted by molar-refractivity contribution is 0.375. The van der Waals surface area contributed by atoms with Crippen LogP contribution in [0.3, 0.4) is 0 Å². The summed E-state index contributed by atoms with van der Waals surface area (Å²) in [4.78, 5) is 15.2. The van der Waals surface area contributed by atoms with Crippen LogP contribution in [0, 0.1) is 0 Å². The van der Waals surface area contributed by atoms with Crippen molar-refractivity contribution >= 4 is 26.7 Å². The molecule has 1 N–H and O–H groups in total. The fourth-order valence-corrected chi connectivity index (χ4v) is 4.49. The standard InChI is InChI=1S/C19H21N5O3S/c1-27-19-22-17(21-18(23-19)24-11-4-5-12-24)13-20-28(25,26)16-10-6-8-14-7-2-3-9-15(14)16/h2-3,6-10,20H,4-5,11-13H2,1H3. The molecule has 1 aliphatic heterocycles. The summed E-state index contributed by atoms with van der Waals surface area (Å²) in [5.41, 5.74) is 0. The third kappa shape index (κ3) is 3.76. The van der Waals surface area contributed by atoms with Gasteiger partial charge in [-0.05, 0) is 24.3 Å². The number of nitrogens with one attached hydrogen (secondary N) is 1. The molecule has 0 aliphatic carbocycles. The molecule has 1 fully saturated rings. The quantitative estimate of drug-likeness (QED) is 0.678. The van der Waals surface area contributed by atoms with E-state index in [9.17, 15) is 8.42 Å². The molecule has 8 nitrogen and oxygen atoms in total. The minimum atomic E-state index is -3.74. The Morgan fingerprint density at radius 3 is 2.57 bits per heavy atom. The van der Waals surface area contributed by atoms with Crippen molar-refractivity contribution in [2.45, 2.75) is 24.3 Å². The van der Waals surface area contributed by atoms with Crippen LogP contribution in [0.4, 0.5) is 5.95 Å². The third-order valence-corrected chi connectivity index (χ3v) is 6.14. The first-order chi connectivity index (χ1) is 13.6. The summed E-state index contributed by atoms with van der Waals surface area (Å²) in [6.45, 7) is 1.69. The monoisotopic (exact) mass is 399 g/mol. The van der Waals surface area contributed by atoms with E-state index in [0.717, 1.165) is 31.3 Å². The van der Waals surface area contributed by atoms with Gasteiger partial charge in [-0.1, -0.05) is 36.4 Å². The molecule has 0 radical (unpaired) electrons. The smallest absolute Gasteiger partial charge is 0.321 e. The largest absolute Gasteiger partial charge is 0.467 e. The summed E-state index contributed by atoms with van der Waals surface area (Å²) < 4.78 is 33.5. The molecule has 28 heavy (non-hydrogen) atoms. The number of sulfonamides is 1. The van der Waals surface area contributed by atoms with E-state index in [4.69, 9.17) is 4.74 Å². The van der Waals surface area contributed by atoms with Gasteiger partial charge in [0.1, 0.15) is 0 Å². The number of aromatic nitrogens is 3. The fourth-order valence-electron chi connectivity index (χ4n) is 3.28. The fraction of sp³-hybridized carbons (Fsp3) is 0.316. The summed E-state index contributed by atoms with van der Waals surface area (Å²) in [5, 5.41) is 1.53. The molecule has 9 heteroatoms. The summed E-state index contributed by atoms with van der Waals surface area (Å²) >= 11 is 0. The van der Waals surface area contributed by atoms with Crippen molar-refractivity contribution in [3.8, 4) is 6.01 Å². The van der Waals surface area contributed by atoms with Crippen LogP contribution in [0.2, 0.25) is 0 Å². The number of rotatable bonds is 6. The Morgan fingerprint density at radius 2 is 1.79 bits per heavy atom. The first-order valence-electron chi connectivity index (χ1n) is 9.08. The van der Waals surface area contributed by atoms with E-state index < -0.39 is 10.0 Å². The van der Waals surface area contributed by atoms with Crippen LogP contribution < -0.4 is 14.4 Å². The highest BCUT2D eigenvalue weighted by atomic mass is 32.2. The molecular weight excluding hydrogens is 378 g/mol. The van der Waals surface area contributed by atoms with Gasteiger partial charge >= 0.3 is 6.01 Å². The number of ether oxygens (including phenoxy) is 1. The second kappa shape index (κ2) is 7.69. The molecule has 0 bridgehead atoms. The molecule has 0 saturated carbocycles. The molecule has 0 unspecified atom stereocenters. The number of methoxy groups -OCH3 is 1. The maximum absolute atomic E-state index is 12.9. The Labute approximate surface area is 163 Å². The first kappa shape index (κ1) is 18.6. The van der Waals surface area contributed by atoms with Crippen LogP contribution >= 0.6 is 0 Å². The number of nitrogens with zero attached hydrogens (tertiary/aromatic N) is 4. The number of hydrogen-bond donors (Lipinski definition) is 1. The van der Waals surface area contributed by atoms with Gasteiger partial charge < -0.3 is 9.64 Å². The molecule has 1 saturated heterocycles. The molecule has 2 aromatic carbocycles. The zero-order chi connectivity index (χ0) is 19.6. The van der Waals surface area contributed by atoms with Crippen molar-refractivity contribution in [3.63, 3.8) is 0 Å². The minimum absolute atomic E-state index is 0.0503. The lowest BCUT2D eigenvalue weighted by Gasteiger charge is -2.16. The summed E-state index contributed by atoms with van der Waals surface area (Å²) in [6, 6.07) is 12.8. The van der Waals surface area contributed by atoms with E-state index in [-0.39, 0.29) is 17.5 Å². The van der Waals surface area contributed by atoms with E-state index >= 15 is 0 Å². The van der Waals surface area contributed by atoms with E-state index in [2.05, 4.69) is 19.7 Å². The highest BCUT2D eigenvalue weighted by molar-refractivity contribution is 7.89. The minimum Gasteiger partial charge on any atom is -0.467 e. The van der Waals surface area contributed by atoms with E-state index in [1.807, 2.05) is 29.2 Å². The van der Waals surface area contributed by atoms with Gasteiger partial charge in [0.15, 0.2) is 5.82 Å². The summed E-state index contributed by atoms with van der Waals surface area (Å²) in [5.74, 6) is 0.835. The average Bonchev–Trinajstić information content (AvgIpc) is 3.26. The Balaban J connectivity index is 1.60. The SMILES string of the molecule is COc1nc(CNS(=O)(=O)c2cccc3ccccc23)nc(N2CCCC2)n1. The lowest BCUT2D eigenvalue weighted by atomic mass is 10.1. The number of benzene rings is 2. The van der Waals surface area contributed by atoms with Gasteiger partial charge in [-0.25, -0.2) is 13.1 Å². The van der Waals surface area contributed by atoms with Crippen LogP contribution in [0.1, 0.15) is 18.7 Å². The second-order valence-corrected chi connectivity index (χ2v) is 8.27. The molecule has 2 heterocycles. The maximum atomic E-state index is 12.9. The molecule has 0 spiro atoms. The first-order valence-corrected chi connectivity index (χ1v) is 10.6. The van der Waals surface area contributed by atoms with Gasteiger partial charge in [0.05, 0.1) is 18.6 Å². The second-order valence-electron chi connectivity index (χ2n) is 6.53. The Morgan fingerprint density at radius 1 is 1.04 bits per heavy atom. The van der Waals surface area contributed by atoms with Gasteiger partial charge in [-0.2, -0.15) is 15.0 Å². The van der Waals surface area contributed by atoms with Crippen LogP contribution in [-0.4, -0.2) is 43.6 Å². The molecule has 4 rings (SSSR count). The summed E-state index contributed by atoms with van der Waals surface area (Å²) in [6.07, 6.45) is 2.16. The highest BCUT2D eigenvalue weighted by Gasteiger charge is 2.20. The van der Waals surface area contributed by atoms with Crippen molar-refractivity contribution < 1.29 is 13.2 Å². The predicted octanol–water partition coefficient (Wildman–Crippen LogP) is 2.11.